The predicted molar refractivity (Wildman–Crippen MR) is 138 cm³/mol. The minimum Gasteiger partial charge on any atom is -0.423 e. The molecule has 33 heavy (non-hydrogen) atoms. The number of hydrogen-bond acceptors (Lipinski definition) is 4. The molecule has 0 amide bonds. The van der Waals surface area contributed by atoms with Crippen LogP contribution in [0.25, 0.3) is 22.9 Å². The van der Waals surface area contributed by atoms with E-state index in [-0.39, 0.29) is 6.85 Å². The zero-order valence-corrected chi connectivity index (χ0v) is 20.5. The van der Waals surface area contributed by atoms with Crippen molar-refractivity contribution >= 4 is 35.5 Å². The van der Waals surface area contributed by atoms with Crippen LogP contribution in [0.3, 0.4) is 0 Å². The van der Waals surface area contributed by atoms with Crippen molar-refractivity contribution in [3.63, 3.8) is 0 Å². The van der Waals surface area contributed by atoms with Crippen molar-refractivity contribution in [3.8, 4) is 5.69 Å². The molecular weight excluding hydrogens is 407 g/mol. The summed E-state index contributed by atoms with van der Waals surface area (Å²) < 4.78 is 8.55. The first-order valence-corrected chi connectivity index (χ1v) is 11.7. The van der Waals surface area contributed by atoms with Crippen LogP contribution in [-0.2, 0) is 0 Å². The Morgan fingerprint density at radius 1 is 0.939 bits per heavy atom. The molecule has 3 aromatic heterocycles. The minimum atomic E-state index is 0.0146. The molecule has 0 spiro atoms. The number of aromatic nitrogens is 3. The number of allylic oxidation sites excluding steroid dienone is 1. The molecule has 1 aliphatic rings. The van der Waals surface area contributed by atoms with Crippen molar-refractivity contribution in [1.29, 1.82) is 0 Å². The van der Waals surface area contributed by atoms with Gasteiger partial charge in [0, 0.05) is 22.7 Å². The molecule has 0 N–H and O–H groups in total. The minimum absolute atomic E-state index is 0.0146. The maximum absolute atomic E-state index is 6.23. The smallest absolute Gasteiger partial charge is 0.341 e. The number of anilines is 1. The van der Waals surface area contributed by atoms with E-state index in [2.05, 4.69) is 93.3 Å². The summed E-state index contributed by atoms with van der Waals surface area (Å²) in [5.41, 5.74) is 9.19. The molecule has 0 saturated carbocycles. The lowest BCUT2D eigenvalue weighted by Gasteiger charge is -2.32. The molecule has 0 fully saturated rings. The number of nitrogens with zero attached hydrogens (tertiary/aromatic N) is 4. The number of rotatable bonds is 4. The number of aryl methyl sites for hydroxylation is 1. The topological polar surface area (TPSA) is 47.1 Å². The van der Waals surface area contributed by atoms with Crippen LogP contribution in [0.2, 0.25) is 0 Å². The third kappa shape index (κ3) is 3.31. The number of furan rings is 1. The second kappa shape index (κ2) is 7.94. The highest BCUT2D eigenvalue weighted by Gasteiger charge is 2.38. The van der Waals surface area contributed by atoms with Gasteiger partial charge in [-0.2, -0.15) is 0 Å². The van der Waals surface area contributed by atoms with Gasteiger partial charge in [0.1, 0.15) is 0 Å². The van der Waals surface area contributed by atoms with E-state index in [1.165, 1.54) is 27.9 Å². The van der Waals surface area contributed by atoms with Crippen LogP contribution < -0.4 is 10.4 Å². The predicted octanol–water partition coefficient (Wildman–Crippen LogP) is 5.86. The molecule has 0 saturated heterocycles. The molecule has 0 radical (unpaired) electrons. The molecule has 5 rings (SSSR count). The summed E-state index contributed by atoms with van der Waals surface area (Å²) in [4.78, 5) is 11.5. The third-order valence-corrected chi connectivity index (χ3v) is 6.84. The van der Waals surface area contributed by atoms with Gasteiger partial charge in [0.15, 0.2) is 5.88 Å². The van der Waals surface area contributed by atoms with Gasteiger partial charge in [-0.15, -0.1) is 0 Å². The maximum Gasteiger partial charge on any atom is 0.341 e. The Bertz CT molecular complexity index is 1350. The summed E-state index contributed by atoms with van der Waals surface area (Å²) in [6.07, 6.45) is 6.03. The van der Waals surface area contributed by atoms with Crippen molar-refractivity contribution < 1.29 is 4.42 Å². The largest absolute Gasteiger partial charge is 0.423 e. The first kappa shape index (κ1) is 21.6. The zero-order chi connectivity index (χ0) is 23.4. The monoisotopic (exact) mass is 438 g/mol. The molecule has 0 unspecified atom stereocenters. The highest BCUT2D eigenvalue weighted by molar-refractivity contribution is 6.83. The van der Waals surface area contributed by atoms with Gasteiger partial charge < -0.3 is 13.8 Å². The van der Waals surface area contributed by atoms with Crippen molar-refractivity contribution in [3.05, 3.63) is 70.7 Å². The van der Waals surface area contributed by atoms with Crippen LogP contribution in [0, 0.1) is 6.92 Å². The van der Waals surface area contributed by atoms with E-state index >= 15 is 0 Å². The number of fused-ring (bicyclic) bond motifs is 3. The number of imidazole rings is 1. The van der Waals surface area contributed by atoms with E-state index in [1.54, 1.807) is 6.20 Å². The van der Waals surface area contributed by atoms with Crippen LogP contribution in [0.1, 0.15) is 68.8 Å². The number of para-hydroxylation sites is 1. The standard InChI is InChI=1S/C27H31BN4O/c1-16(2)20-10-8-11-21(17(3)4)24(20)32-15-30-19(6)25(32)28-18(5)14-23-22-12-9-13-29-26(22)33-27(23)31(28)7/h8-17H,1-7H3. The highest BCUT2D eigenvalue weighted by atomic mass is 16.4. The second-order valence-electron chi connectivity index (χ2n) is 9.76. The first-order chi connectivity index (χ1) is 15.8. The van der Waals surface area contributed by atoms with Crippen LogP contribution in [-0.4, -0.2) is 28.4 Å². The third-order valence-electron chi connectivity index (χ3n) is 6.84. The summed E-state index contributed by atoms with van der Waals surface area (Å²) >= 11 is 0. The molecule has 4 heterocycles. The molecule has 0 aliphatic carbocycles. The molecule has 1 aliphatic heterocycles. The maximum atomic E-state index is 6.23. The fraction of sp³-hybridized carbons (Fsp3) is 0.333. The van der Waals surface area contributed by atoms with Crippen LogP contribution in [0.15, 0.2) is 52.7 Å². The van der Waals surface area contributed by atoms with Gasteiger partial charge >= 0.3 is 6.85 Å². The van der Waals surface area contributed by atoms with Crippen molar-refractivity contribution in [2.45, 2.75) is 53.4 Å². The van der Waals surface area contributed by atoms with E-state index in [1.807, 2.05) is 12.4 Å². The normalized spacial score (nSPS) is 13.9. The van der Waals surface area contributed by atoms with Crippen molar-refractivity contribution in [1.82, 2.24) is 14.5 Å². The number of benzene rings is 1. The first-order valence-electron chi connectivity index (χ1n) is 11.7. The van der Waals surface area contributed by atoms with E-state index in [4.69, 9.17) is 9.40 Å². The van der Waals surface area contributed by atoms with Gasteiger partial charge in [-0.05, 0) is 56.0 Å². The Kier molecular flexibility index (Phi) is 5.19. The van der Waals surface area contributed by atoms with E-state index < -0.39 is 0 Å². The fourth-order valence-electron chi connectivity index (χ4n) is 5.21. The lowest BCUT2D eigenvalue weighted by atomic mass is 9.49. The van der Waals surface area contributed by atoms with Crippen molar-refractivity contribution in [2.24, 2.45) is 0 Å². The summed E-state index contributed by atoms with van der Waals surface area (Å²) in [5.74, 6) is 1.67. The van der Waals surface area contributed by atoms with Gasteiger partial charge in [-0.3, -0.25) is 0 Å². The Morgan fingerprint density at radius 3 is 2.30 bits per heavy atom. The summed E-state index contributed by atoms with van der Waals surface area (Å²) in [6.45, 7) is 13.4. The van der Waals surface area contributed by atoms with E-state index in [0.29, 0.717) is 17.5 Å². The lowest BCUT2D eigenvalue weighted by Crippen LogP contribution is -2.52. The summed E-state index contributed by atoms with van der Waals surface area (Å²) in [6, 6.07) is 10.7. The average Bonchev–Trinajstić information content (AvgIpc) is 3.34. The Hall–Kier alpha value is -3.28. The summed E-state index contributed by atoms with van der Waals surface area (Å²) in [7, 11) is 2.11. The van der Waals surface area contributed by atoms with Crippen LogP contribution in [0.4, 0.5) is 5.88 Å². The number of hydrogen-bond donors (Lipinski definition) is 0. The fourth-order valence-corrected chi connectivity index (χ4v) is 5.21. The summed E-state index contributed by atoms with van der Waals surface area (Å²) in [5, 5.41) is 1.05. The molecule has 0 atom stereocenters. The van der Waals surface area contributed by atoms with Gasteiger partial charge in [0.05, 0.1) is 17.7 Å². The quantitative estimate of drug-likeness (QED) is 0.375. The molecule has 168 valence electrons. The van der Waals surface area contributed by atoms with Gasteiger partial charge in [0.25, 0.3) is 0 Å². The second-order valence-corrected chi connectivity index (χ2v) is 9.76. The SMILES string of the molecule is CC1=Cc2c(oc3ncccc23)N(C)B1c1c(C)ncn1-c1c(C(C)C)cccc1C(C)C. The molecule has 1 aromatic carbocycles. The molecule has 4 aromatic rings. The number of pyridine rings is 1. The van der Waals surface area contributed by atoms with Crippen LogP contribution in [0.5, 0.6) is 0 Å². The van der Waals surface area contributed by atoms with Crippen molar-refractivity contribution in [2.75, 3.05) is 11.9 Å². The average molecular weight is 438 g/mol. The lowest BCUT2D eigenvalue weighted by molar-refractivity contribution is 0.607. The Labute approximate surface area is 196 Å². The van der Waals surface area contributed by atoms with Gasteiger partial charge in [-0.25, -0.2) is 9.97 Å². The zero-order valence-electron chi connectivity index (χ0n) is 20.5. The Morgan fingerprint density at radius 2 is 1.64 bits per heavy atom. The van der Waals surface area contributed by atoms with Crippen LogP contribution >= 0.6 is 0 Å². The molecule has 5 nitrogen and oxygen atoms in total. The molecule has 0 bridgehead atoms. The van der Waals surface area contributed by atoms with Gasteiger partial charge in [0.2, 0.25) is 5.71 Å². The van der Waals surface area contributed by atoms with Gasteiger partial charge in [-0.1, -0.05) is 57.4 Å². The highest BCUT2D eigenvalue weighted by Crippen LogP contribution is 2.38. The molecule has 6 heteroatoms. The Balaban J connectivity index is 1.73. The van der Waals surface area contributed by atoms with E-state index in [0.717, 1.165) is 22.5 Å². The molecular formula is C27H31BN4O. The van der Waals surface area contributed by atoms with E-state index in [9.17, 15) is 0 Å².